The van der Waals surface area contributed by atoms with Gasteiger partial charge < -0.3 is 24.8 Å². The van der Waals surface area contributed by atoms with Gasteiger partial charge in [0.05, 0.1) is 24.4 Å². The van der Waals surface area contributed by atoms with E-state index in [1.807, 2.05) is 0 Å². The van der Waals surface area contributed by atoms with Gasteiger partial charge in [-0.3, -0.25) is 4.79 Å². The summed E-state index contributed by atoms with van der Waals surface area (Å²) >= 11 is 0. The molecule has 206 valence electrons. The fourth-order valence-electron chi connectivity index (χ4n) is 9.19. The smallest absolute Gasteiger partial charge is 0.344 e. The van der Waals surface area contributed by atoms with Crippen LogP contribution < -0.4 is 0 Å². The van der Waals surface area contributed by atoms with Crippen LogP contribution >= 0.6 is 0 Å². The number of ether oxygens (including phenoxy) is 2. The lowest BCUT2D eigenvalue weighted by molar-refractivity contribution is -0.207. The molecule has 4 aliphatic carbocycles. The summed E-state index contributed by atoms with van der Waals surface area (Å²) in [5.41, 5.74) is -0.223. The Morgan fingerprint density at radius 1 is 0.944 bits per heavy atom. The fourth-order valence-corrected chi connectivity index (χ4v) is 9.19. The molecule has 7 nitrogen and oxygen atoms in total. The molecule has 0 aliphatic heterocycles. The molecule has 4 fully saturated rings. The van der Waals surface area contributed by atoms with Crippen LogP contribution in [0, 0.1) is 46.3 Å². The summed E-state index contributed by atoms with van der Waals surface area (Å²) in [5, 5.41) is 33.3. The van der Waals surface area contributed by atoms with Gasteiger partial charge >= 0.3 is 11.9 Å². The van der Waals surface area contributed by atoms with Crippen molar-refractivity contribution in [1.82, 2.24) is 0 Å². The summed E-state index contributed by atoms with van der Waals surface area (Å²) < 4.78 is 10.1. The van der Waals surface area contributed by atoms with Crippen molar-refractivity contribution in [3.63, 3.8) is 0 Å². The summed E-state index contributed by atoms with van der Waals surface area (Å²) in [6.45, 7) is 9.88. The molecule has 4 aliphatic rings. The fraction of sp³-hybridized carbons (Fsp3) is 0.931. The van der Waals surface area contributed by atoms with Gasteiger partial charge in [0.1, 0.15) is 0 Å². The highest BCUT2D eigenvalue weighted by molar-refractivity contribution is 5.76. The summed E-state index contributed by atoms with van der Waals surface area (Å²) in [5.74, 6) is 0.591. The molecule has 0 saturated heterocycles. The van der Waals surface area contributed by atoms with Crippen molar-refractivity contribution in [3.8, 4) is 0 Å². The Morgan fingerprint density at radius 3 is 2.36 bits per heavy atom. The molecule has 0 aromatic heterocycles. The molecule has 0 amide bonds. The first-order valence-corrected chi connectivity index (χ1v) is 14.3. The Bertz CT molecular complexity index is 813. The zero-order valence-corrected chi connectivity index (χ0v) is 22.8. The molecule has 0 aromatic rings. The van der Waals surface area contributed by atoms with Crippen LogP contribution in [0.3, 0.4) is 0 Å². The highest BCUT2D eigenvalue weighted by Crippen LogP contribution is 2.68. The molecule has 36 heavy (non-hydrogen) atoms. The number of aliphatic hydroxyl groups excluding tert-OH is 3. The van der Waals surface area contributed by atoms with E-state index in [2.05, 4.69) is 20.8 Å². The minimum absolute atomic E-state index is 0.0651. The van der Waals surface area contributed by atoms with Crippen LogP contribution in [-0.2, 0) is 19.1 Å². The number of carbonyl (C=O) groups is 2. The number of aliphatic hydroxyl groups is 3. The van der Waals surface area contributed by atoms with E-state index in [0.717, 1.165) is 38.5 Å². The van der Waals surface area contributed by atoms with Crippen LogP contribution in [0.5, 0.6) is 0 Å². The first-order valence-electron chi connectivity index (χ1n) is 14.3. The van der Waals surface area contributed by atoms with Crippen LogP contribution in [0.4, 0.5) is 0 Å². The topological polar surface area (TPSA) is 113 Å². The van der Waals surface area contributed by atoms with Gasteiger partial charge in [0.15, 0.2) is 6.61 Å². The molecule has 3 N–H and O–H groups in total. The lowest BCUT2D eigenvalue weighted by Gasteiger charge is -2.63. The quantitative estimate of drug-likeness (QED) is 0.448. The molecule has 0 radical (unpaired) electrons. The maximum absolute atomic E-state index is 12.3. The van der Waals surface area contributed by atoms with Crippen molar-refractivity contribution in [1.29, 1.82) is 0 Å². The molecule has 7 heteroatoms. The van der Waals surface area contributed by atoms with Crippen molar-refractivity contribution < 1.29 is 34.4 Å². The number of esters is 2. The molecule has 0 unspecified atom stereocenters. The maximum atomic E-state index is 12.3. The number of rotatable bonds is 7. The highest BCUT2D eigenvalue weighted by atomic mass is 16.6. The van der Waals surface area contributed by atoms with E-state index in [1.165, 1.54) is 0 Å². The van der Waals surface area contributed by atoms with E-state index in [9.17, 15) is 24.9 Å². The number of hydrogen-bond donors (Lipinski definition) is 3. The third kappa shape index (κ3) is 4.96. The second-order valence-corrected chi connectivity index (χ2v) is 13.2. The van der Waals surface area contributed by atoms with Crippen LogP contribution in [0.2, 0.25) is 0 Å². The second kappa shape index (κ2) is 10.5. The van der Waals surface area contributed by atoms with E-state index in [1.54, 1.807) is 13.8 Å². The Hall–Kier alpha value is -1.18. The maximum Gasteiger partial charge on any atom is 0.344 e. The zero-order valence-electron chi connectivity index (χ0n) is 22.8. The van der Waals surface area contributed by atoms with Gasteiger partial charge in [-0.25, -0.2) is 4.79 Å². The molecule has 0 spiro atoms. The predicted octanol–water partition coefficient (Wildman–Crippen LogP) is 3.86. The predicted molar refractivity (Wildman–Crippen MR) is 135 cm³/mol. The van der Waals surface area contributed by atoms with Gasteiger partial charge in [0.25, 0.3) is 0 Å². The molecule has 0 bridgehead atoms. The molecule has 4 saturated carbocycles. The third-order valence-electron chi connectivity index (χ3n) is 11.0. The van der Waals surface area contributed by atoms with E-state index in [-0.39, 0.29) is 71.8 Å². The standard InChI is InChI=1S/C29H48O7/c1-16(2)36-26(34)15-35-25(33)9-6-17(3)20-7-8-21-27-22(14-24(32)29(20,21)5)28(4)11-10-19(30)12-18(28)13-23(27)31/h16-24,27,30-32H,6-15H2,1-5H3/t17-,18+,19-,20-,21+,22+,23-,24+,27+,28+,29-/m1/s1. The van der Waals surface area contributed by atoms with E-state index < -0.39 is 18.0 Å². The minimum Gasteiger partial charge on any atom is -0.460 e. The summed E-state index contributed by atoms with van der Waals surface area (Å²) in [4.78, 5) is 23.9. The summed E-state index contributed by atoms with van der Waals surface area (Å²) in [7, 11) is 0. The summed E-state index contributed by atoms with van der Waals surface area (Å²) in [6, 6.07) is 0. The van der Waals surface area contributed by atoms with Crippen molar-refractivity contribution in [3.05, 3.63) is 0 Å². The molecule has 0 aromatic carbocycles. The normalized spacial score (nSPS) is 44.8. The van der Waals surface area contributed by atoms with Gasteiger partial charge in [-0.05, 0) is 112 Å². The molecular formula is C29H48O7. The highest BCUT2D eigenvalue weighted by Gasteiger charge is 2.65. The summed E-state index contributed by atoms with van der Waals surface area (Å²) in [6.07, 6.45) is 5.54. The number of carbonyl (C=O) groups excluding carboxylic acids is 2. The largest absolute Gasteiger partial charge is 0.460 e. The van der Waals surface area contributed by atoms with E-state index in [0.29, 0.717) is 18.8 Å². The minimum atomic E-state index is -0.535. The molecule has 4 rings (SSSR count). The molecule has 0 heterocycles. The van der Waals surface area contributed by atoms with Crippen LogP contribution in [-0.4, -0.2) is 58.3 Å². The lowest BCUT2D eigenvalue weighted by Crippen LogP contribution is -2.62. The number of fused-ring (bicyclic) bond motifs is 5. The van der Waals surface area contributed by atoms with E-state index >= 15 is 0 Å². The van der Waals surface area contributed by atoms with Gasteiger partial charge in [0, 0.05) is 6.42 Å². The Morgan fingerprint density at radius 2 is 1.67 bits per heavy atom. The van der Waals surface area contributed by atoms with Crippen LogP contribution in [0.1, 0.15) is 92.4 Å². The van der Waals surface area contributed by atoms with E-state index in [4.69, 9.17) is 9.47 Å². The third-order valence-corrected chi connectivity index (χ3v) is 11.0. The van der Waals surface area contributed by atoms with Crippen molar-refractivity contribution >= 4 is 11.9 Å². The molecular weight excluding hydrogens is 460 g/mol. The number of hydrogen-bond acceptors (Lipinski definition) is 7. The van der Waals surface area contributed by atoms with Crippen molar-refractivity contribution in [2.24, 2.45) is 46.3 Å². The Balaban J connectivity index is 1.41. The monoisotopic (exact) mass is 508 g/mol. The average molecular weight is 509 g/mol. The Labute approximate surface area is 216 Å². The van der Waals surface area contributed by atoms with Gasteiger partial charge in [-0.1, -0.05) is 20.8 Å². The Kier molecular flexibility index (Phi) is 8.14. The lowest BCUT2D eigenvalue weighted by atomic mass is 9.43. The average Bonchev–Trinajstić information content (AvgIpc) is 3.16. The zero-order chi connectivity index (χ0) is 26.4. The molecule has 11 atom stereocenters. The first-order chi connectivity index (χ1) is 16.9. The van der Waals surface area contributed by atoms with Gasteiger partial charge in [-0.2, -0.15) is 0 Å². The van der Waals surface area contributed by atoms with Crippen LogP contribution in [0.15, 0.2) is 0 Å². The SMILES string of the molecule is CC(C)OC(=O)COC(=O)CC[C@@H](C)[C@H]1CC[C@H]2[C@@H]3[C@H](O)C[C@@H]4C[C@H](O)CC[C@]4(C)[C@H]3C[C@H](O)[C@]12C. The van der Waals surface area contributed by atoms with Crippen molar-refractivity contribution in [2.75, 3.05) is 6.61 Å². The first kappa shape index (κ1) is 27.8. The van der Waals surface area contributed by atoms with Crippen molar-refractivity contribution in [2.45, 2.75) is 117 Å². The van der Waals surface area contributed by atoms with Crippen LogP contribution in [0.25, 0.3) is 0 Å². The van der Waals surface area contributed by atoms with Gasteiger partial charge in [0.2, 0.25) is 0 Å². The van der Waals surface area contributed by atoms with Gasteiger partial charge in [-0.15, -0.1) is 0 Å². The second-order valence-electron chi connectivity index (χ2n) is 13.2.